The lowest BCUT2D eigenvalue weighted by Crippen LogP contribution is -2.12. The van der Waals surface area contributed by atoms with Crippen LogP contribution in [0.25, 0.3) is 11.0 Å². The highest BCUT2D eigenvalue weighted by Crippen LogP contribution is 2.21. The molecule has 1 aromatic heterocycles. The van der Waals surface area contributed by atoms with Crippen LogP contribution in [0.4, 0.5) is 5.69 Å². The molecular weight excluding hydrogens is 356 g/mol. The lowest BCUT2D eigenvalue weighted by atomic mass is 10.1. The summed E-state index contributed by atoms with van der Waals surface area (Å²) in [6, 6.07) is 11.2. The van der Waals surface area contributed by atoms with Crippen molar-refractivity contribution in [3.63, 3.8) is 0 Å². The maximum Gasteiger partial charge on any atom is 0.255 e. The molecule has 118 valence electrons. The van der Waals surface area contributed by atoms with Gasteiger partial charge in [0.2, 0.25) is 0 Å². The van der Waals surface area contributed by atoms with Crippen LogP contribution in [-0.4, -0.2) is 20.9 Å². The van der Waals surface area contributed by atoms with E-state index in [9.17, 15) is 4.79 Å². The zero-order chi connectivity index (χ0) is 16.4. The third-order valence-electron chi connectivity index (χ3n) is 3.63. The molecule has 0 bridgehead atoms. The van der Waals surface area contributed by atoms with Crippen LogP contribution in [0.3, 0.4) is 0 Å². The first-order valence-corrected chi connectivity index (χ1v) is 8.28. The first-order valence-electron chi connectivity index (χ1n) is 7.49. The van der Waals surface area contributed by atoms with E-state index in [0.717, 1.165) is 39.7 Å². The monoisotopic (exact) mass is 372 g/mol. The summed E-state index contributed by atoms with van der Waals surface area (Å²) < 4.78 is 2.87. The number of nitrogens with one attached hydrogen (secondary N) is 1. The highest BCUT2D eigenvalue weighted by molar-refractivity contribution is 9.10. The van der Waals surface area contributed by atoms with Gasteiger partial charge in [-0.05, 0) is 55.3 Å². The molecule has 0 atom stereocenters. The summed E-state index contributed by atoms with van der Waals surface area (Å²) >= 11 is 3.45. The van der Waals surface area contributed by atoms with Crippen LogP contribution in [0.1, 0.15) is 29.3 Å². The van der Waals surface area contributed by atoms with Crippen molar-refractivity contribution in [2.45, 2.75) is 26.8 Å². The number of hydrogen-bond acceptors (Lipinski definition) is 3. The number of rotatable bonds is 4. The van der Waals surface area contributed by atoms with E-state index >= 15 is 0 Å². The van der Waals surface area contributed by atoms with Gasteiger partial charge in [-0.25, -0.2) is 4.68 Å². The first kappa shape index (κ1) is 15.7. The number of aromatic nitrogens is 3. The number of aryl methyl sites for hydroxylation is 2. The summed E-state index contributed by atoms with van der Waals surface area (Å²) in [5, 5.41) is 11.2. The average molecular weight is 373 g/mol. The molecule has 3 rings (SSSR count). The smallest absolute Gasteiger partial charge is 0.255 e. The molecule has 0 saturated heterocycles. The molecule has 6 heteroatoms. The number of anilines is 1. The van der Waals surface area contributed by atoms with Gasteiger partial charge in [0.25, 0.3) is 5.91 Å². The minimum absolute atomic E-state index is 0.154. The van der Waals surface area contributed by atoms with Crippen molar-refractivity contribution in [1.29, 1.82) is 0 Å². The summed E-state index contributed by atoms with van der Waals surface area (Å²) in [6.07, 6.45) is 0.990. The van der Waals surface area contributed by atoms with Gasteiger partial charge in [-0.15, -0.1) is 5.10 Å². The second-order valence-corrected chi connectivity index (χ2v) is 6.29. The Bertz CT molecular complexity index is 872. The number of amides is 1. The fourth-order valence-electron chi connectivity index (χ4n) is 2.42. The molecule has 3 aromatic rings. The Morgan fingerprint density at radius 1 is 1.26 bits per heavy atom. The molecule has 2 aromatic carbocycles. The van der Waals surface area contributed by atoms with E-state index in [2.05, 4.69) is 38.5 Å². The number of carbonyl (C=O) groups is 1. The van der Waals surface area contributed by atoms with Crippen molar-refractivity contribution >= 4 is 38.6 Å². The highest BCUT2D eigenvalue weighted by Gasteiger charge is 2.10. The van der Waals surface area contributed by atoms with Crippen LogP contribution in [-0.2, 0) is 6.54 Å². The van der Waals surface area contributed by atoms with Gasteiger partial charge in [0.15, 0.2) is 0 Å². The van der Waals surface area contributed by atoms with Gasteiger partial charge in [-0.2, -0.15) is 0 Å². The summed E-state index contributed by atoms with van der Waals surface area (Å²) in [7, 11) is 0. The molecule has 5 nitrogen and oxygen atoms in total. The van der Waals surface area contributed by atoms with E-state index in [4.69, 9.17) is 0 Å². The minimum Gasteiger partial charge on any atom is -0.322 e. The Labute approximate surface area is 142 Å². The molecule has 1 amide bonds. The Kier molecular flexibility index (Phi) is 4.43. The van der Waals surface area contributed by atoms with Crippen LogP contribution in [0.2, 0.25) is 0 Å². The number of hydrogen-bond donors (Lipinski definition) is 1. The van der Waals surface area contributed by atoms with Gasteiger partial charge in [0.1, 0.15) is 5.52 Å². The number of fused-ring (bicyclic) bond motifs is 1. The van der Waals surface area contributed by atoms with Gasteiger partial charge in [-0.3, -0.25) is 4.79 Å². The molecule has 0 spiro atoms. The summed E-state index contributed by atoms with van der Waals surface area (Å²) in [4.78, 5) is 12.4. The Hall–Kier alpha value is -2.21. The van der Waals surface area contributed by atoms with Crippen molar-refractivity contribution in [2.24, 2.45) is 0 Å². The van der Waals surface area contributed by atoms with Gasteiger partial charge in [-0.1, -0.05) is 28.1 Å². The molecule has 0 radical (unpaired) electrons. The van der Waals surface area contributed by atoms with Crippen molar-refractivity contribution in [3.05, 3.63) is 52.0 Å². The molecular formula is C17H17BrN4O. The van der Waals surface area contributed by atoms with Crippen molar-refractivity contribution < 1.29 is 4.79 Å². The average Bonchev–Trinajstić information content (AvgIpc) is 2.94. The topological polar surface area (TPSA) is 59.8 Å². The second-order valence-electron chi connectivity index (χ2n) is 5.43. The van der Waals surface area contributed by atoms with E-state index in [-0.39, 0.29) is 5.91 Å². The van der Waals surface area contributed by atoms with E-state index in [1.165, 1.54) is 0 Å². The molecule has 0 unspecified atom stereocenters. The van der Waals surface area contributed by atoms with Crippen molar-refractivity contribution in [1.82, 2.24) is 15.0 Å². The largest absolute Gasteiger partial charge is 0.322 e. The van der Waals surface area contributed by atoms with E-state index < -0.39 is 0 Å². The number of carbonyl (C=O) groups excluding carboxylic acids is 1. The normalized spacial score (nSPS) is 10.9. The number of benzene rings is 2. The van der Waals surface area contributed by atoms with Gasteiger partial charge in [0.05, 0.1) is 5.52 Å². The third kappa shape index (κ3) is 3.27. The van der Waals surface area contributed by atoms with Crippen LogP contribution in [0.5, 0.6) is 0 Å². The zero-order valence-corrected chi connectivity index (χ0v) is 14.6. The van der Waals surface area contributed by atoms with Gasteiger partial charge < -0.3 is 5.32 Å². The van der Waals surface area contributed by atoms with Gasteiger partial charge >= 0.3 is 0 Å². The van der Waals surface area contributed by atoms with Crippen LogP contribution in [0, 0.1) is 6.92 Å². The van der Waals surface area contributed by atoms with E-state index in [0.29, 0.717) is 5.56 Å². The molecule has 1 N–H and O–H groups in total. The maximum atomic E-state index is 12.4. The summed E-state index contributed by atoms with van der Waals surface area (Å²) in [5.41, 5.74) is 4.09. The Balaban J connectivity index is 1.84. The predicted molar refractivity (Wildman–Crippen MR) is 94.7 cm³/mol. The maximum absolute atomic E-state index is 12.4. The van der Waals surface area contributed by atoms with E-state index in [1.54, 1.807) is 12.1 Å². The standard InChI is InChI=1S/C17H17BrN4O/c1-3-8-22-16-7-4-12(10-15(16)20-21-22)17(23)19-13-5-6-14(18)11(2)9-13/h4-7,9-10H,3,8H2,1-2H3,(H,19,23). The summed E-state index contributed by atoms with van der Waals surface area (Å²) in [5.74, 6) is -0.154. The second kappa shape index (κ2) is 6.50. The molecule has 0 fully saturated rings. The molecule has 0 aliphatic carbocycles. The fourth-order valence-corrected chi connectivity index (χ4v) is 2.66. The highest BCUT2D eigenvalue weighted by atomic mass is 79.9. The molecule has 23 heavy (non-hydrogen) atoms. The van der Waals surface area contributed by atoms with Crippen molar-refractivity contribution in [2.75, 3.05) is 5.32 Å². The fraction of sp³-hybridized carbons (Fsp3) is 0.235. The van der Waals surface area contributed by atoms with Crippen molar-refractivity contribution in [3.8, 4) is 0 Å². The predicted octanol–water partition coefficient (Wildman–Crippen LogP) is 4.16. The first-order chi connectivity index (χ1) is 11.1. The SMILES string of the molecule is CCCn1nnc2cc(C(=O)Nc3ccc(Br)c(C)c3)ccc21. The molecule has 0 saturated carbocycles. The van der Waals surface area contributed by atoms with Crippen LogP contribution in [0.15, 0.2) is 40.9 Å². The summed E-state index contributed by atoms with van der Waals surface area (Å²) in [6.45, 7) is 4.90. The Morgan fingerprint density at radius 3 is 2.83 bits per heavy atom. The number of halogens is 1. The van der Waals surface area contributed by atoms with Gasteiger partial charge in [0, 0.05) is 22.3 Å². The zero-order valence-electron chi connectivity index (χ0n) is 13.0. The Morgan fingerprint density at radius 2 is 2.09 bits per heavy atom. The minimum atomic E-state index is -0.154. The van der Waals surface area contributed by atoms with Crippen LogP contribution < -0.4 is 5.32 Å². The molecule has 0 aliphatic rings. The molecule has 1 heterocycles. The van der Waals surface area contributed by atoms with Crippen LogP contribution >= 0.6 is 15.9 Å². The lowest BCUT2D eigenvalue weighted by Gasteiger charge is -2.07. The molecule has 0 aliphatic heterocycles. The number of nitrogens with zero attached hydrogens (tertiary/aromatic N) is 3. The van der Waals surface area contributed by atoms with E-state index in [1.807, 2.05) is 35.9 Å². The lowest BCUT2D eigenvalue weighted by molar-refractivity contribution is 0.102. The quantitative estimate of drug-likeness (QED) is 0.747. The third-order valence-corrected chi connectivity index (χ3v) is 4.52.